The smallest absolute Gasteiger partial charge is 0.252 e. The summed E-state index contributed by atoms with van der Waals surface area (Å²) in [5, 5.41) is 3.05. The minimum atomic E-state index is -3.38. The summed E-state index contributed by atoms with van der Waals surface area (Å²) in [6.07, 6.45) is 1.84. The van der Waals surface area contributed by atoms with Crippen molar-refractivity contribution in [1.82, 2.24) is 9.62 Å². The van der Waals surface area contributed by atoms with Crippen LogP contribution < -0.4 is 5.32 Å². The summed E-state index contributed by atoms with van der Waals surface area (Å²) in [5.41, 5.74) is 0.824. The molecule has 2 heterocycles. The average molecular weight is 345 g/mol. The van der Waals surface area contributed by atoms with E-state index in [9.17, 15) is 8.42 Å². The maximum absolute atomic E-state index is 12.5. The van der Waals surface area contributed by atoms with Crippen LogP contribution in [0.15, 0.2) is 10.3 Å². The highest BCUT2D eigenvalue weighted by molar-refractivity contribution is 7.91. The van der Waals surface area contributed by atoms with Crippen molar-refractivity contribution in [3.8, 4) is 0 Å². The molecule has 1 aromatic rings. The van der Waals surface area contributed by atoms with E-state index >= 15 is 0 Å². The van der Waals surface area contributed by atoms with Gasteiger partial charge in [-0.25, -0.2) is 8.42 Å². The van der Waals surface area contributed by atoms with Crippen LogP contribution in [0.25, 0.3) is 0 Å². The number of likely N-dealkylation sites (N-methyl/N-ethyl adjacent to an activating group) is 1. The van der Waals surface area contributed by atoms with Crippen LogP contribution in [0.4, 0.5) is 0 Å². The van der Waals surface area contributed by atoms with E-state index in [-0.39, 0.29) is 18.4 Å². The molecule has 1 aliphatic rings. The van der Waals surface area contributed by atoms with Crippen LogP contribution in [0.2, 0.25) is 4.34 Å². The first-order valence-electron chi connectivity index (χ1n) is 5.89. The van der Waals surface area contributed by atoms with Crippen LogP contribution in [0.1, 0.15) is 18.4 Å². The molecule has 1 aliphatic heterocycles. The van der Waals surface area contributed by atoms with Gasteiger partial charge in [0.2, 0.25) is 0 Å². The average Bonchev–Trinajstić information content (AvgIpc) is 2.88. The van der Waals surface area contributed by atoms with Gasteiger partial charge in [0.05, 0.1) is 4.34 Å². The molecule has 8 heteroatoms. The van der Waals surface area contributed by atoms with E-state index in [0.29, 0.717) is 21.6 Å². The number of rotatable bonds is 4. The molecule has 0 amide bonds. The quantitative estimate of drug-likeness (QED) is 0.912. The lowest BCUT2D eigenvalue weighted by atomic mass is 10.2. The fourth-order valence-electron chi connectivity index (χ4n) is 2.24. The van der Waals surface area contributed by atoms with Crippen LogP contribution in [-0.2, 0) is 10.0 Å². The fraction of sp³-hybridized carbons (Fsp3) is 0.636. The summed E-state index contributed by atoms with van der Waals surface area (Å²) < 4.78 is 27.6. The van der Waals surface area contributed by atoms with Gasteiger partial charge in [0.1, 0.15) is 4.21 Å². The molecular formula is C11H18Cl2N2O2S2. The Hall–Kier alpha value is 0.150. The van der Waals surface area contributed by atoms with Crippen LogP contribution in [0, 0.1) is 6.92 Å². The molecule has 0 radical (unpaired) electrons. The third-order valence-electron chi connectivity index (χ3n) is 3.16. The normalized spacial score (nSPS) is 20.5. The van der Waals surface area contributed by atoms with Gasteiger partial charge >= 0.3 is 0 Å². The topological polar surface area (TPSA) is 49.4 Å². The highest BCUT2D eigenvalue weighted by Gasteiger charge is 2.35. The van der Waals surface area contributed by atoms with E-state index in [1.165, 1.54) is 0 Å². The fourth-order valence-corrected chi connectivity index (χ4v) is 5.77. The van der Waals surface area contributed by atoms with Crippen LogP contribution >= 0.6 is 35.3 Å². The summed E-state index contributed by atoms with van der Waals surface area (Å²) in [6.45, 7) is 3.12. The number of hydrogen-bond acceptors (Lipinski definition) is 4. The number of nitrogens with zero attached hydrogens (tertiary/aromatic N) is 1. The molecule has 0 spiro atoms. The van der Waals surface area contributed by atoms with E-state index < -0.39 is 10.0 Å². The Bertz CT molecular complexity index is 511. The van der Waals surface area contributed by atoms with Crippen molar-refractivity contribution in [3.05, 3.63) is 16.0 Å². The third-order valence-corrected chi connectivity index (χ3v) is 7.12. The summed E-state index contributed by atoms with van der Waals surface area (Å²) in [6, 6.07) is 1.72. The Morgan fingerprint density at radius 3 is 2.79 bits per heavy atom. The summed E-state index contributed by atoms with van der Waals surface area (Å²) in [4.78, 5) is 0. The lowest BCUT2D eigenvalue weighted by Gasteiger charge is -2.22. The maximum atomic E-state index is 12.5. The SMILES string of the molecule is CNCC1CCCN1S(=O)(=O)c1cc(C)c(Cl)s1.Cl. The Morgan fingerprint density at radius 1 is 1.58 bits per heavy atom. The zero-order chi connectivity index (χ0) is 13.3. The Labute approximate surface area is 129 Å². The molecular weight excluding hydrogens is 327 g/mol. The number of nitrogens with one attached hydrogen (secondary N) is 1. The molecule has 1 unspecified atom stereocenters. The summed E-state index contributed by atoms with van der Waals surface area (Å²) in [7, 11) is -1.54. The van der Waals surface area contributed by atoms with Crippen molar-refractivity contribution < 1.29 is 8.42 Å². The van der Waals surface area contributed by atoms with Gasteiger partial charge in [0.15, 0.2) is 0 Å². The molecule has 0 aromatic carbocycles. The number of thiophene rings is 1. The lowest BCUT2D eigenvalue weighted by molar-refractivity contribution is 0.380. The predicted octanol–water partition coefficient (Wildman–Crippen LogP) is 2.50. The molecule has 1 aromatic heterocycles. The zero-order valence-corrected chi connectivity index (χ0v) is 14.1. The minimum absolute atomic E-state index is 0. The molecule has 0 aliphatic carbocycles. The van der Waals surface area contributed by atoms with Crippen molar-refractivity contribution in [3.63, 3.8) is 0 Å². The standard InChI is InChI=1S/C11H17ClN2O2S2.ClH/c1-8-6-10(17-11(8)12)18(15,16)14-5-3-4-9(14)7-13-2;/h6,9,13H,3-5,7H2,1-2H3;1H. The molecule has 110 valence electrons. The van der Waals surface area contributed by atoms with Crippen molar-refractivity contribution >= 4 is 45.4 Å². The molecule has 0 saturated carbocycles. The van der Waals surface area contributed by atoms with Gasteiger partial charge in [-0.1, -0.05) is 11.6 Å². The van der Waals surface area contributed by atoms with E-state index in [1.54, 1.807) is 10.4 Å². The van der Waals surface area contributed by atoms with Gasteiger partial charge in [-0.3, -0.25) is 0 Å². The van der Waals surface area contributed by atoms with Crippen LogP contribution in [-0.4, -0.2) is 38.9 Å². The van der Waals surface area contributed by atoms with Gasteiger partial charge in [0, 0.05) is 19.1 Å². The second kappa shape index (κ2) is 6.74. The van der Waals surface area contributed by atoms with Crippen LogP contribution in [0.5, 0.6) is 0 Å². The number of hydrogen-bond donors (Lipinski definition) is 1. The molecule has 2 rings (SSSR count). The third kappa shape index (κ3) is 3.43. The molecule has 1 N–H and O–H groups in total. The first kappa shape index (κ1) is 17.2. The van der Waals surface area contributed by atoms with Crippen molar-refractivity contribution in [2.75, 3.05) is 20.1 Å². The van der Waals surface area contributed by atoms with E-state index in [1.807, 2.05) is 14.0 Å². The highest BCUT2D eigenvalue weighted by Crippen LogP contribution is 2.34. The van der Waals surface area contributed by atoms with Gasteiger partial charge in [-0.15, -0.1) is 23.7 Å². The monoisotopic (exact) mass is 344 g/mol. The van der Waals surface area contributed by atoms with Gasteiger partial charge < -0.3 is 5.32 Å². The first-order valence-corrected chi connectivity index (χ1v) is 8.52. The zero-order valence-electron chi connectivity index (χ0n) is 10.8. The van der Waals surface area contributed by atoms with Crippen molar-refractivity contribution in [2.24, 2.45) is 0 Å². The molecule has 1 saturated heterocycles. The largest absolute Gasteiger partial charge is 0.318 e. The Balaban J connectivity index is 0.00000180. The maximum Gasteiger partial charge on any atom is 0.252 e. The van der Waals surface area contributed by atoms with Crippen molar-refractivity contribution in [2.45, 2.75) is 30.0 Å². The van der Waals surface area contributed by atoms with Crippen molar-refractivity contribution in [1.29, 1.82) is 0 Å². The molecule has 19 heavy (non-hydrogen) atoms. The highest BCUT2D eigenvalue weighted by atomic mass is 35.5. The lowest BCUT2D eigenvalue weighted by Crippen LogP contribution is -2.40. The molecule has 1 atom stereocenters. The van der Waals surface area contributed by atoms with E-state index in [2.05, 4.69) is 5.32 Å². The first-order chi connectivity index (χ1) is 8.46. The van der Waals surface area contributed by atoms with E-state index in [4.69, 9.17) is 11.6 Å². The second-order valence-corrected chi connectivity index (χ2v) is 8.26. The Morgan fingerprint density at radius 2 is 2.26 bits per heavy atom. The molecule has 1 fully saturated rings. The predicted molar refractivity (Wildman–Crippen MR) is 82.2 cm³/mol. The van der Waals surface area contributed by atoms with Crippen LogP contribution in [0.3, 0.4) is 0 Å². The molecule has 0 bridgehead atoms. The summed E-state index contributed by atoms with van der Waals surface area (Å²) >= 11 is 7.11. The number of halogens is 2. The molecule has 4 nitrogen and oxygen atoms in total. The Kier molecular flexibility index (Phi) is 6.10. The van der Waals surface area contributed by atoms with E-state index in [0.717, 1.165) is 29.7 Å². The van der Waals surface area contributed by atoms with Gasteiger partial charge in [0.25, 0.3) is 10.0 Å². The number of aryl methyl sites for hydroxylation is 1. The minimum Gasteiger partial charge on any atom is -0.318 e. The van der Waals surface area contributed by atoms with Gasteiger partial charge in [-0.05, 0) is 38.4 Å². The second-order valence-electron chi connectivity index (χ2n) is 4.49. The van der Waals surface area contributed by atoms with Gasteiger partial charge in [-0.2, -0.15) is 4.31 Å². The summed E-state index contributed by atoms with van der Waals surface area (Å²) in [5.74, 6) is 0. The number of sulfonamides is 1.